The van der Waals surface area contributed by atoms with Crippen LogP contribution in [0.15, 0.2) is 24.3 Å². The summed E-state index contributed by atoms with van der Waals surface area (Å²) in [5.41, 5.74) is 0.344. The number of benzene rings is 1. The standard InChI is InChI=1S/C15H16O10/c16-7-5-6(2-4-9(17)18)1-3-8(7)24-15-12(21)10(19)11(20)13(25-15)14(22)23/h1-5,10-13,15-16,19-21H,(H,17,18)(H,22,23)/b4-2+/t10?,11-,12?,13?,15-/m1/s1. The van der Waals surface area contributed by atoms with Crippen molar-refractivity contribution in [2.24, 2.45) is 0 Å². The highest BCUT2D eigenvalue weighted by Gasteiger charge is 2.48. The lowest BCUT2D eigenvalue weighted by Gasteiger charge is -2.38. The smallest absolute Gasteiger partial charge is 0.335 e. The summed E-state index contributed by atoms with van der Waals surface area (Å²) in [6.07, 6.45) is -6.87. The molecular weight excluding hydrogens is 340 g/mol. The van der Waals surface area contributed by atoms with Gasteiger partial charge >= 0.3 is 11.9 Å². The highest BCUT2D eigenvalue weighted by Crippen LogP contribution is 2.31. The zero-order chi connectivity index (χ0) is 18.7. The molecule has 1 aromatic carbocycles. The van der Waals surface area contributed by atoms with Crippen molar-refractivity contribution in [3.8, 4) is 11.5 Å². The SMILES string of the molecule is O=C(O)/C=C/c1ccc(O[C@@H]2OC(C(=O)O)[C@H](O)C(O)C2O)c(O)c1. The molecule has 0 aromatic heterocycles. The molecule has 0 saturated carbocycles. The van der Waals surface area contributed by atoms with Crippen LogP contribution in [0.4, 0.5) is 0 Å². The summed E-state index contributed by atoms with van der Waals surface area (Å²) in [4.78, 5) is 21.5. The molecule has 1 aliphatic rings. The van der Waals surface area contributed by atoms with Crippen molar-refractivity contribution in [1.29, 1.82) is 0 Å². The Kier molecular flexibility index (Phi) is 5.59. The van der Waals surface area contributed by atoms with Crippen LogP contribution in [0.5, 0.6) is 11.5 Å². The third-order valence-electron chi connectivity index (χ3n) is 3.46. The second kappa shape index (κ2) is 7.49. The quantitative estimate of drug-likeness (QED) is 0.350. The van der Waals surface area contributed by atoms with Crippen LogP contribution in [0.3, 0.4) is 0 Å². The Morgan fingerprint density at radius 2 is 1.76 bits per heavy atom. The molecule has 5 atom stereocenters. The number of rotatable bonds is 5. The molecule has 3 unspecified atom stereocenters. The molecule has 0 bridgehead atoms. The molecule has 6 N–H and O–H groups in total. The number of phenolic OH excluding ortho intramolecular Hbond substituents is 1. The van der Waals surface area contributed by atoms with Gasteiger partial charge in [-0.1, -0.05) is 6.07 Å². The van der Waals surface area contributed by atoms with Crippen LogP contribution < -0.4 is 4.74 Å². The predicted molar refractivity (Wildman–Crippen MR) is 79.7 cm³/mol. The first-order chi connectivity index (χ1) is 11.7. The molecule has 0 radical (unpaired) electrons. The third-order valence-corrected chi connectivity index (χ3v) is 3.46. The van der Waals surface area contributed by atoms with Crippen molar-refractivity contribution in [3.63, 3.8) is 0 Å². The van der Waals surface area contributed by atoms with Gasteiger partial charge in [-0.3, -0.25) is 0 Å². The Morgan fingerprint density at radius 3 is 2.32 bits per heavy atom. The summed E-state index contributed by atoms with van der Waals surface area (Å²) < 4.78 is 10.1. The van der Waals surface area contributed by atoms with Gasteiger partial charge < -0.3 is 40.1 Å². The Morgan fingerprint density at radius 1 is 1.08 bits per heavy atom. The largest absolute Gasteiger partial charge is 0.504 e. The number of hydrogen-bond donors (Lipinski definition) is 6. The number of carbonyl (C=O) groups is 2. The van der Waals surface area contributed by atoms with E-state index in [0.717, 1.165) is 6.08 Å². The highest BCUT2D eigenvalue weighted by molar-refractivity contribution is 5.85. The molecule has 25 heavy (non-hydrogen) atoms. The van der Waals surface area contributed by atoms with Crippen LogP contribution in [0, 0.1) is 0 Å². The Balaban J connectivity index is 2.17. The fourth-order valence-corrected chi connectivity index (χ4v) is 2.18. The average Bonchev–Trinajstić information content (AvgIpc) is 2.54. The predicted octanol–water partition coefficient (Wildman–Crippen LogP) is -1.24. The molecule has 10 heteroatoms. The first-order valence-corrected chi connectivity index (χ1v) is 7.04. The van der Waals surface area contributed by atoms with Gasteiger partial charge in [0.1, 0.15) is 18.3 Å². The van der Waals surface area contributed by atoms with Crippen LogP contribution >= 0.6 is 0 Å². The van der Waals surface area contributed by atoms with E-state index < -0.39 is 48.4 Å². The van der Waals surface area contributed by atoms with E-state index in [4.69, 9.17) is 19.7 Å². The summed E-state index contributed by atoms with van der Waals surface area (Å²) in [5.74, 6) is -3.38. The summed E-state index contributed by atoms with van der Waals surface area (Å²) in [7, 11) is 0. The van der Waals surface area contributed by atoms with Crippen molar-refractivity contribution in [2.75, 3.05) is 0 Å². The molecular formula is C15H16O10. The summed E-state index contributed by atoms with van der Waals surface area (Å²) in [6, 6.07) is 3.80. The van der Waals surface area contributed by atoms with Crippen molar-refractivity contribution < 1.29 is 49.7 Å². The molecule has 1 heterocycles. The van der Waals surface area contributed by atoms with Crippen LogP contribution in [0.1, 0.15) is 5.56 Å². The number of phenols is 1. The van der Waals surface area contributed by atoms with Crippen LogP contribution in [-0.4, -0.2) is 73.3 Å². The van der Waals surface area contributed by atoms with Gasteiger partial charge in [0.2, 0.25) is 6.29 Å². The minimum Gasteiger partial charge on any atom is -0.504 e. The molecule has 1 fully saturated rings. The maximum atomic E-state index is 11.0. The average molecular weight is 356 g/mol. The number of hydrogen-bond acceptors (Lipinski definition) is 8. The number of aromatic hydroxyl groups is 1. The Hall–Kier alpha value is -2.66. The summed E-state index contributed by atoms with van der Waals surface area (Å²) >= 11 is 0. The summed E-state index contributed by atoms with van der Waals surface area (Å²) in [5, 5.41) is 56.5. The minimum atomic E-state index is -1.86. The molecule has 1 saturated heterocycles. The number of aliphatic carboxylic acids is 2. The number of carboxylic acids is 2. The lowest BCUT2D eigenvalue weighted by atomic mass is 9.99. The molecule has 2 rings (SSSR count). The Labute approximate surface area is 140 Å². The molecule has 0 spiro atoms. The van der Waals surface area contributed by atoms with Crippen molar-refractivity contribution >= 4 is 18.0 Å². The number of carboxylic acid groups (broad SMARTS) is 2. The van der Waals surface area contributed by atoms with Crippen molar-refractivity contribution in [1.82, 2.24) is 0 Å². The van der Waals surface area contributed by atoms with Gasteiger partial charge in [0, 0.05) is 6.08 Å². The second-order valence-corrected chi connectivity index (χ2v) is 5.25. The number of ether oxygens (including phenoxy) is 2. The van der Waals surface area contributed by atoms with Crippen molar-refractivity contribution in [3.05, 3.63) is 29.8 Å². The maximum absolute atomic E-state index is 11.0. The van der Waals surface area contributed by atoms with Crippen molar-refractivity contribution in [2.45, 2.75) is 30.7 Å². The molecule has 0 aliphatic carbocycles. The normalized spacial score (nSPS) is 29.5. The van der Waals surface area contributed by atoms with E-state index >= 15 is 0 Å². The number of aliphatic hydroxyl groups is 3. The van der Waals surface area contributed by atoms with Gasteiger partial charge in [0.05, 0.1) is 0 Å². The van der Waals surface area contributed by atoms with Gasteiger partial charge in [0.25, 0.3) is 0 Å². The highest BCUT2D eigenvalue weighted by atomic mass is 16.7. The number of aliphatic hydroxyl groups excluding tert-OH is 3. The third kappa shape index (κ3) is 4.25. The van der Waals surface area contributed by atoms with Crippen LogP contribution in [0.25, 0.3) is 6.08 Å². The van der Waals surface area contributed by atoms with E-state index in [1.165, 1.54) is 24.3 Å². The van der Waals surface area contributed by atoms with Gasteiger partial charge in [-0.05, 0) is 23.8 Å². The summed E-state index contributed by atoms with van der Waals surface area (Å²) in [6.45, 7) is 0. The fraction of sp³-hybridized carbons (Fsp3) is 0.333. The van der Waals surface area contributed by atoms with E-state index in [0.29, 0.717) is 5.56 Å². The van der Waals surface area contributed by atoms with E-state index in [1.54, 1.807) is 0 Å². The van der Waals surface area contributed by atoms with E-state index in [2.05, 4.69) is 0 Å². The van der Waals surface area contributed by atoms with E-state index in [1.807, 2.05) is 0 Å². The lowest BCUT2D eigenvalue weighted by Crippen LogP contribution is -2.61. The van der Waals surface area contributed by atoms with Crippen LogP contribution in [0.2, 0.25) is 0 Å². The van der Waals surface area contributed by atoms with Gasteiger partial charge in [-0.25, -0.2) is 9.59 Å². The molecule has 10 nitrogen and oxygen atoms in total. The van der Waals surface area contributed by atoms with Gasteiger partial charge in [-0.15, -0.1) is 0 Å². The van der Waals surface area contributed by atoms with Crippen LogP contribution in [-0.2, 0) is 14.3 Å². The molecule has 136 valence electrons. The fourth-order valence-electron chi connectivity index (χ4n) is 2.18. The zero-order valence-corrected chi connectivity index (χ0v) is 12.6. The topological polar surface area (TPSA) is 174 Å². The molecule has 1 aromatic rings. The zero-order valence-electron chi connectivity index (χ0n) is 12.6. The first kappa shape index (κ1) is 18.7. The molecule has 1 aliphatic heterocycles. The van der Waals surface area contributed by atoms with E-state index in [-0.39, 0.29) is 5.75 Å². The van der Waals surface area contributed by atoms with Gasteiger partial charge in [-0.2, -0.15) is 0 Å². The second-order valence-electron chi connectivity index (χ2n) is 5.25. The monoisotopic (exact) mass is 356 g/mol. The first-order valence-electron chi connectivity index (χ1n) is 7.04. The lowest BCUT2D eigenvalue weighted by molar-refractivity contribution is -0.271. The van der Waals surface area contributed by atoms with E-state index in [9.17, 15) is 30.0 Å². The van der Waals surface area contributed by atoms with Gasteiger partial charge in [0.15, 0.2) is 17.6 Å². The molecule has 0 amide bonds. The Bertz CT molecular complexity index is 685. The maximum Gasteiger partial charge on any atom is 0.335 e. The minimum absolute atomic E-state index is 0.204.